The lowest BCUT2D eigenvalue weighted by atomic mass is 10.1. The summed E-state index contributed by atoms with van der Waals surface area (Å²) in [6.07, 6.45) is 1.65. The molecule has 0 aliphatic heterocycles. The Labute approximate surface area is 114 Å². The monoisotopic (exact) mass is 287 g/mol. The number of nitrogens with zero attached hydrogens (tertiary/aromatic N) is 1. The number of aromatic nitrogens is 1. The highest BCUT2D eigenvalue weighted by Gasteiger charge is 2.09. The van der Waals surface area contributed by atoms with Gasteiger partial charge in [-0.15, -0.1) is 0 Å². The summed E-state index contributed by atoms with van der Waals surface area (Å²) < 4.78 is 5.13. The Morgan fingerprint density at radius 1 is 1.00 bits per heavy atom. The first-order valence-electron chi connectivity index (χ1n) is 4.77. The number of pyridine rings is 1. The lowest BCUT2D eigenvalue weighted by Crippen LogP contribution is -1.88. The molecule has 0 saturated carbocycles. The summed E-state index contributed by atoms with van der Waals surface area (Å²) in [7, 11) is 1.59. The summed E-state index contributed by atoms with van der Waals surface area (Å²) >= 11 is 17.9. The van der Waals surface area contributed by atoms with Crippen molar-refractivity contribution in [3.05, 3.63) is 45.5 Å². The van der Waals surface area contributed by atoms with Crippen molar-refractivity contribution in [2.75, 3.05) is 7.11 Å². The number of halogens is 3. The summed E-state index contributed by atoms with van der Waals surface area (Å²) in [5.74, 6) is 0.706. The van der Waals surface area contributed by atoms with Gasteiger partial charge in [0.15, 0.2) is 0 Å². The Hall–Kier alpha value is -0.960. The normalized spacial score (nSPS) is 10.4. The van der Waals surface area contributed by atoms with Crippen molar-refractivity contribution in [3.63, 3.8) is 0 Å². The topological polar surface area (TPSA) is 22.1 Å². The van der Waals surface area contributed by atoms with Crippen LogP contribution in [-0.4, -0.2) is 12.1 Å². The van der Waals surface area contributed by atoms with Gasteiger partial charge in [0, 0.05) is 17.8 Å². The van der Waals surface area contributed by atoms with E-state index in [1.807, 2.05) is 0 Å². The minimum Gasteiger partial charge on any atom is -0.497 e. The van der Waals surface area contributed by atoms with E-state index in [2.05, 4.69) is 4.98 Å². The van der Waals surface area contributed by atoms with Gasteiger partial charge < -0.3 is 4.74 Å². The molecular formula is C12H8Cl3NO. The summed E-state index contributed by atoms with van der Waals surface area (Å²) in [4.78, 5) is 4.22. The Bertz CT molecular complexity index is 557. The largest absolute Gasteiger partial charge is 0.497 e. The van der Waals surface area contributed by atoms with Gasteiger partial charge in [0.25, 0.3) is 0 Å². The highest BCUT2D eigenvalue weighted by Crippen LogP contribution is 2.35. The van der Waals surface area contributed by atoms with Crippen LogP contribution < -0.4 is 4.74 Å². The Morgan fingerprint density at radius 2 is 1.71 bits per heavy atom. The lowest BCUT2D eigenvalue weighted by molar-refractivity contribution is 0.414. The van der Waals surface area contributed by atoms with Crippen LogP contribution in [0.1, 0.15) is 0 Å². The van der Waals surface area contributed by atoms with E-state index in [0.717, 1.165) is 5.56 Å². The number of rotatable bonds is 2. The van der Waals surface area contributed by atoms with Crippen molar-refractivity contribution in [2.45, 2.75) is 0 Å². The van der Waals surface area contributed by atoms with Gasteiger partial charge in [-0.3, -0.25) is 4.98 Å². The molecule has 2 nitrogen and oxygen atoms in total. The molecule has 0 aliphatic carbocycles. The van der Waals surface area contributed by atoms with E-state index >= 15 is 0 Å². The molecule has 88 valence electrons. The van der Waals surface area contributed by atoms with Crippen LogP contribution in [0.3, 0.4) is 0 Å². The molecule has 1 heterocycles. The van der Waals surface area contributed by atoms with E-state index in [9.17, 15) is 0 Å². The fourth-order valence-electron chi connectivity index (χ4n) is 1.40. The van der Waals surface area contributed by atoms with Crippen LogP contribution in [0, 0.1) is 0 Å². The van der Waals surface area contributed by atoms with Crippen LogP contribution in [0.4, 0.5) is 0 Å². The third-order valence-electron chi connectivity index (χ3n) is 2.25. The van der Waals surface area contributed by atoms with Crippen LogP contribution in [0.15, 0.2) is 30.5 Å². The van der Waals surface area contributed by atoms with Crippen LogP contribution >= 0.6 is 34.8 Å². The second kappa shape index (κ2) is 5.13. The van der Waals surface area contributed by atoms with Crippen molar-refractivity contribution in [1.82, 2.24) is 4.98 Å². The molecule has 0 radical (unpaired) electrons. The molecule has 0 atom stereocenters. The quantitative estimate of drug-likeness (QED) is 0.746. The van der Waals surface area contributed by atoms with Gasteiger partial charge in [-0.2, -0.15) is 0 Å². The first-order chi connectivity index (χ1) is 8.11. The summed E-state index contributed by atoms with van der Waals surface area (Å²) in [5, 5.41) is 1.36. The average Bonchev–Trinajstić information content (AvgIpc) is 2.34. The maximum absolute atomic E-state index is 6.11. The van der Waals surface area contributed by atoms with E-state index in [1.54, 1.807) is 37.6 Å². The highest BCUT2D eigenvalue weighted by atomic mass is 35.5. The highest BCUT2D eigenvalue weighted by molar-refractivity contribution is 6.44. The average molecular weight is 289 g/mol. The van der Waals surface area contributed by atoms with Gasteiger partial charge >= 0.3 is 0 Å². The molecule has 0 saturated heterocycles. The SMILES string of the molecule is COc1ccnc(-c2cc(Cl)c(Cl)cc2Cl)c1. The maximum Gasteiger partial charge on any atom is 0.122 e. The Kier molecular flexibility index (Phi) is 3.77. The van der Waals surface area contributed by atoms with Gasteiger partial charge in [0.05, 0.1) is 27.9 Å². The van der Waals surface area contributed by atoms with Crippen molar-refractivity contribution in [2.24, 2.45) is 0 Å². The minimum absolute atomic E-state index is 0.420. The maximum atomic E-state index is 6.11. The van der Waals surface area contributed by atoms with Gasteiger partial charge in [-0.25, -0.2) is 0 Å². The zero-order valence-corrected chi connectivity index (χ0v) is 11.1. The fourth-order valence-corrected chi connectivity index (χ4v) is 2.05. The third kappa shape index (κ3) is 2.65. The molecule has 0 amide bonds. The molecule has 1 aromatic heterocycles. The fraction of sp³-hybridized carbons (Fsp3) is 0.0833. The van der Waals surface area contributed by atoms with Gasteiger partial charge in [-0.05, 0) is 18.2 Å². The zero-order valence-electron chi connectivity index (χ0n) is 8.88. The molecule has 0 spiro atoms. The summed E-state index contributed by atoms with van der Waals surface area (Å²) in [6.45, 7) is 0. The van der Waals surface area contributed by atoms with E-state index in [4.69, 9.17) is 39.5 Å². The van der Waals surface area contributed by atoms with Crippen LogP contribution in [0.25, 0.3) is 11.3 Å². The summed E-state index contributed by atoms with van der Waals surface area (Å²) in [6, 6.07) is 6.83. The Balaban J connectivity index is 2.56. The second-order valence-corrected chi connectivity index (χ2v) is 4.55. The van der Waals surface area contributed by atoms with Crippen LogP contribution in [0.5, 0.6) is 5.75 Å². The third-order valence-corrected chi connectivity index (χ3v) is 3.29. The molecule has 0 bridgehead atoms. The predicted molar refractivity (Wildman–Crippen MR) is 71.3 cm³/mol. The smallest absolute Gasteiger partial charge is 0.122 e. The first kappa shape index (κ1) is 12.5. The second-order valence-electron chi connectivity index (χ2n) is 3.33. The van der Waals surface area contributed by atoms with E-state index in [0.29, 0.717) is 26.5 Å². The van der Waals surface area contributed by atoms with Crippen molar-refractivity contribution in [3.8, 4) is 17.0 Å². The molecule has 0 N–H and O–H groups in total. The standard InChI is InChI=1S/C12H8Cl3NO/c1-17-7-2-3-16-12(4-7)8-5-10(14)11(15)6-9(8)13/h2-6H,1H3. The lowest BCUT2D eigenvalue weighted by Gasteiger charge is -2.07. The van der Waals surface area contributed by atoms with Crippen molar-refractivity contribution < 1.29 is 4.74 Å². The molecule has 0 aliphatic rings. The van der Waals surface area contributed by atoms with Crippen LogP contribution in [-0.2, 0) is 0 Å². The number of benzene rings is 1. The van der Waals surface area contributed by atoms with Crippen molar-refractivity contribution >= 4 is 34.8 Å². The molecule has 0 unspecified atom stereocenters. The number of hydrogen-bond donors (Lipinski definition) is 0. The molecule has 2 aromatic rings. The van der Waals surface area contributed by atoms with E-state index < -0.39 is 0 Å². The molecular weight excluding hydrogens is 280 g/mol. The molecule has 2 rings (SSSR count). The van der Waals surface area contributed by atoms with Crippen LogP contribution in [0.2, 0.25) is 15.1 Å². The van der Waals surface area contributed by atoms with Crippen molar-refractivity contribution in [1.29, 1.82) is 0 Å². The van der Waals surface area contributed by atoms with E-state index in [1.165, 1.54) is 0 Å². The number of ether oxygens (including phenoxy) is 1. The van der Waals surface area contributed by atoms with Gasteiger partial charge in [0.2, 0.25) is 0 Å². The molecule has 0 fully saturated rings. The van der Waals surface area contributed by atoms with Gasteiger partial charge in [-0.1, -0.05) is 34.8 Å². The predicted octanol–water partition coefficient (Wildman–Crippen LogP) is 4.72. The number of hydrogen-bond acceptors (Lipinski definition) is 2. The molecule has 17 heavy (non-hydrogen) atoms. The summed E-state index contributed by atoms with van der Waals surface area (Å²) in [5.41, 5.74) is 1.41. The number of methoxy groups -OCH3 is 1. The minimum atomic E-state index is 0.420. The Morgan fingerprint density at radius 3 is 2.41 bits per heavy atom. The van der Waals surface area contributed by atoms with Gasteiger partial charge in [0.1, 0.15) is 5.75 Å². The first-order valence-corrected chi connectivity index (χ1v) is 5.90. The molecule has 1 aromatic carbocycles. The zero-order chi connectivity index (χ0) is 12.4. The van der Waals surface area contributed by atoms with E-state index in [-0.39, 0.29) is 0 Å². The molecule has 5 heteroatoms.